The molecular formula is C14H22N2O2. The van der Waals surface area contributed by atoms with Gasteiger partial charge in [0.25, 0.3) is 0 Å². The molecule has 2 rings (SSSR count). The first-order chi connectivity index (χ1) is 8.54. The SMILES string of the molecule is COc1ccc(N)c(N(C)CC2(O)CCCC2)c1. The van der Waals surface area contributed by atoms with Crippen molar-refractivity contribution in [2.45, 2.75) is 31.3 Å². The number of methoxy groups -OCH3 is 1. The number of benzene rings is 1. The largest absolute Gasteiger partial charge is 0.497 e. The molecule has 18 heavy (non-hydrogen) atoms. The molecule has 1 aliphatic rings. The van der Waals surface area contributed by atoms with Gasteiger partial charge in [0.15, 0.2) is 0 Å². The molecule has 0 aliphatic heterocycles. The normalized spacial score (nSPS) is 17.7. The molecule has 0 atom stereocenters. The molecule has 0 heterocycles. The molecule has 3 N–H and O–H groups in total. The van der Waals surface area contributed by atoms with E-state index in [1.165, 1.54) is 0 Å². The van der Waals surface area contributed by atoms with E-state index in [1.807, 2.05) is 30.1 Å². The zero-order valence-electron chi connectivity index (χ0n) is 11.1. The Hall–Kier alpha value is -1.42. The van der Waals surface area contributed by atoms with Gasteiger partial charge in [-0.2, -0.15) is 0 Å². The lowest BCUT2D eigenvalue weighted by molar-refractivity contribution is 0.0559. The van der Waals surface area contributed by atoms with E-state index < -0.39 is 5.60 Å². The van der Waals surface area contributed by atoms with Crippen LogP contribution in [0.2, 0.25) is 0 Å². The van der Waals surface area contributed by atoms with Crippen LogP contribution in [0.1, 0.15) is 25.7 Å². The second-order valence-corrected chi connectivity index (χ2v) is 5.21. The molecule has 1 aromatic carbocycles. The summed E-state index contributed by atoms with van der Waals surface area (Å²) in [6, 6.07) is 5.59. The molecule has 1 aliphatic carbocycles. The van der Waals surface area contributed by atoms with Gasteiger partial charge in [0.05, 0.1) is 24.1 Å². The van der Waals surface area contributed by atoms with E-state index in [2.05, 4.69) is 0 Å². The number of hydrogen-bond donors (Lipinski definition) is 2. The number of likely N-dealkylation sites (N-methyl/N-ethyl adjacent to an activating group) is 1. The van der Waals surface area contributed by atoms with Gasteiger partial charge in [-0.25, -0.2) is 0 Å². The van der Waals surface area contributed by atoms with Gasteiger partial charge in [0.1, 0.15) is 5.75 Å². The minimum atomic E-state index is -0.565. The minimum Gasteiger partial charge on any atom is -0.497 e. The Labute approximate surface area is 108 Å². The monoisotopic (exact) mass is 250 g/mol. The molecule has 4 nitrogen and oxygen atoms in total. The average Bonchev–Trinajstić information content (AvgIpc) is 2.76. The smallest absolute Gasteiger partial charge is 0.121 e. The van der Waals surface area contributed by atoms with Crippen molar-refractivity contribution in [1.82, 2.24) is 0 Å². The van der Waals surface area contributed by atoms with Gasteiger partial charge in [-0.1, -0.05) is 12.8 Å². The summed E-state index contributed by atoms with van der Waals surface area (Å²) in [7, 11) is 3.60. The van der Waals surface area contributed by atoms with Crippen LogP contribution < -0.4 is 15.4 Å². The molecule has 0 spiro atoms. The molecule has 100 valence electrons. The summed E-state index contributed by atoms with van der Waals surface area (Å²) in [5.41, 5.74) is 7.04. The first kappa shape index (κ1) is 13.0. The molecule has 0 amide bonds. The number of aliphatic hydroxyl groups is 1. The summed E-state index contributed by atoms with van der Waals surface area (Å²) in [6.07, 6.45) is 3.97. The van der Waals surface area contributed by atoms with Crippen molar-refractivity contribution >= 4 is 11.4 Å². The van der Waals surface area contributed by atoms with Crippen molar-refractivity contribution in [1.29, 1.82) is 0 Å². The fraction of sp³-hybridized carbons (Fsp3) is 0.571. The Bertz CT molecular complexity index is 414. The van der Waals surface area contributed by atoms with Crippen molar-refractivity contribution in [3.05, 3.63) is 18.2 Å². The summed E-state index contributed by atoms with van der Waals surface area (Å²) in [5.74, 6) is 0.782. The molecular weight excluding hydrogens is 228 g/mol. The molecule has 1 aromatic rings. The molecule has 0 aromatic heterocycles. The van der Waals surface area contributed by atoms with E-state index in [0.29, 0.717) is 12.2 Å². The highest BCUT2D eigenvalue weighted by Gasteiger charge is 2.32. The number of rotatable bonds is 4. The molecule has 0 saturated heterocycles. The summed E-state index contributed by atoms with van der Waals surface area (Å²) in [5, 5.41) is 10.4. The Morgan fingerprint density at radius 2 is 2.06 bits per heavy atom. The number of nitrogens with two attached hydrogens (primary N) is 1. The maximum Gasteiger partial charge on any atom is 0.121 e. The second-order valence-electron chi connectivity index (χ2n) is 5.21. The van der Waals surface area contributed by atoms with Crippen LogP contribution in [0.5, 0.6) is 5.75 Å². The maximum absolute atomic E-state index is 10.4. The van der Waals surface area contributed by atoms with E-state index in [1.54, 1.807) is 7.11 Å². The lowest BCUT2D eigenvalue weighted by Crippen LogP contribution is -2.39. The molecule has 0 unspecified atom stereocenters. The first-order valence-corrected chi connectivity index (χ1v) is 6.41. The van der Waals surface area contributed by atoms with Crippen LogP contribution in [0.3, 0.4) is 0 Å². The Balaban J connectivity index is 2.14. The molecule has 0 bridgehead atoms. The number of ether oxygens (including phenoxy) is 1. The zero-order chi connectivity index (χ0) is 13.2. The van der Waals surface area contributed by atoms with Gasteiger partial charge in [0, 0.05) is 19.7 Å². The first-order valence-electron chi connectivity index (χ1n) is 6.41. The van der Waals surface area contributed by atoms with E-state index in [0.717, 1.165) is 37.1 Å². The fourth-order valence-corrected chi connectivity index (χ4v) is 2.70. The lowest BCUT2D eigenvalue weighted by atomic mass is 10.0. The van der Waals surface area contributed by atoms with Crippen molar-refractivity contribution in [3.63, 3.8) is 0 Å². The van der Waals surface area contributed by atoms with Crippen molar-refractivity contribution < 1.29 is 9.84 Å². The second kappa shape index (κ2) is 5.06. The minimum absolute atomic E-state index is 0.565. The van der Waals surface area contributed by atoms with Crippen molar-refractivity contribution in [2.24, 2.45) is 0 Å². The number of anilines is 2. The third-order valence-electron chi connectivity index (χ3n) is 3.71. The van der Waals surface area contributed by atoms with E-state index >= 15 is 0 Å². The van der Waals surface area contributed by atoms with Crippen LogP contribution in [0.4, 0.5) is 11.4 Å². The Morgan fingerprint density at radius 1 is 1.39 bits per heavy atom. The van der Waals surface area contributed by atoms with Gasteiger partial charge >= 0.3 is 0 Å². The third-order valence-corrected chi connectivity index (χ3v) is 3.71. The lowest BCUT2D eigenvalue weighted by Gasteiger charge is -2.30. The molecule has 0 radical (unpaired) electrons. The Kier molecular flexibility index (Phi) is 3.66. The van der Waals surface area contributed by atoms with Crippen LogP contribution in [0.15, 0.2) is 18.2 Å². The van der Waals surface area contributed by atoms with Gasteiger partial charge in [-0.15, -0.1) is 0 Å². The molecule has 1 fully saturated rings. The summed E-state index contributed by atoms with van der Waals surface area (Å²) < 4.78 is 5.21. The maximum atomic E-state index is 10.4. The number of nitrogens with zero attached hydrogens (tertiary/aromatic N) is 1. The highest BCUT2D eigenvalue weighted by atomic mass is 16.5. The van der Waals surface area contributed by atoms with Crippen LogP contribution in [0, 0.1) is 0 Å². The predicted octanol–water partition coefficient (Wildman–Crippen LogP) is 2.02. The fourth-order valence-electron chi connectivity index (χ4n) is 2.70. The van der Waals surface area contributed by atoms with Gasteiger partial charge < -0.3 is 20.5 Å². The van der Waals surface area contributed by atoms with E-state index in [-0.39, 0.29) is 0 Å². The standard InChI is InChI=1S/C14H22N2O2/c1-16(10-14(17)7-3-4-8-14)13-9-11(18-2)5-6-12(13)15/h5-6,9,17H,3-4,7-8,10,15H2,1-2H3. The summed E-state index contributed by atoms with van der Waals surface area (Å²) >= 11 is 0. The number of hydrogen-bond acceptors (Lipinski definition) is 4. The van der Waals surface area contributed by atoms with Gasteiger partial charge in [-0.3, -0.25) is 0 Å². The quantitative estimate of drug-likeness (QED) is 0.803. The van der Waals surface area contributed by atoms with Crippen molar-refractivity contribution in [2.75, 3.05) is 31.3 Å². The van der Waals surface area contributed by atoms with Crippen LogP contribution >= 0.6 is 0 Å². The Morgan fingerprint density at radius 3 is 2.67 bits per heavy atom. The molecule has 1 saturated carbocycles. The highest BCUT2D eigenvalue weighted by Crippen LogP contribution is 2.33. The van der Waals surface area contributed by atoms with Crippen LogP contribution in [-0.2, 0) is 0 Å². The predicted molar refractivity (Wildman–Crippen MR) is 74.1 cm³/mol. The molecule has 4 heteroatoms. The van der Waals surface area contributed by atoms with Gasteiger partial charge in [0.2, 0.25) is 0 Å². The third kappa shape index (κ3) is 2.70. The summed E-state index contributed by atoms with van der Waals surface area (Å²) in [4.78, 5) is 2.02. The van der Waals surface area contributed by atoms with E-state index in [9.17, 15) is 5.11 Å². The van der Waals surface area contributed by atoms with Crippen LogP contribution in [-0.4, -0.2) is 31.4 Å². The van der Waals surface area contributed by atoms with Crippen LogP contribution in [0.25, 0.3) is 0 Å². The van der Waals surface area contributed by atoms with Crippen molar-refractivity contribution in [3.8, 4) is 5.75 Å². The van der Waals surface area contributed by atoms with Gasteiger partial charge in [-0.05, 0) is 25.0 Å². The number of nitrogen functional groups attached to an aromatic ring is 1. The zero-order valence-corrected chi connectivity index (χ0v) is 11.1. The topological polar surface area (TPSA) is 58.7 Å². The summed E-state index contributed by atoms with van der Waals surface area (Å²) in [6.45, 7) is 0.615. The average molecular weight is 250 g/mol. The van der Waals surface area contributed by atoms with E-state index in [4.69, 9.17) is 10.5 Å². The highest BCUT2D eigenvalue weighted by molar-refractivity contribution is 5.69.